The van der Waals surface area contributed by atoms with E-state index in [1.165, 1.54) is 11.0 Å². The highest BCUT2D eigenvalue weighted by Gasteiger charge is 1.96. The number of thioether (sulfide) groups is 1. The average molecular weight is 214 g/mol. The van der Waals surface area contributed by atoms with Crippen molar-refractivity contribution >= 4 is 29.1 Å². The maximum Gasteiger partial charge on any atom is 0.330 e. The summed E-state index contributed by atoms with van der Waals surface area (Å²) < 4.78 is 4.82. The van der Waals surface area contributed by atoms with Crippen LogP contribution in [0.15, 0.2) is 34.4 Å². The molecule has 4 heteroatoms. The van der Waals surface area contributed by atoms with Crippen LogP contribution in [0.5, 0.6) is 0 Å². The molecule has 0 saturated heterocycles. The Bertz CT molecular complexity index is 267. The number of rotatable bonds is 5. The van der Waals surface area contributed by atoms with Gasteiger partial charge >= 0.3 is 5.97 Å². The predicted octanol–water partition coefficient (Wildman–Crippen LogP) is 2.57. The minimum atomic E-state index is -0.356. The lowest BCUT2D eigenvalue weighted by Gasteiger charge is -1.99. The van der Waals surface area contributed by atoms with Crippen molar-refractivity contribution in [3.05, 3.63) is 29.5 Å². The number of carbonyl (C=O) groups excluding carboxylic acids is 1. The van der Waals surface area contributed by atoms with E-state index in [1.54, 1.807) is 23.1 Å². The number of hydrogen-bond acceptors (Lipinski definition) is 4. The van der Waals surface area contributed by atoms with Gasteiger partial charge < -0.3 is 4.74 Å². The molecule has 13 heavy (non-hydrogen) atoms. The van der Waals surface area contributed by atoms with Gasteiger partial charge in [-0.25, -0.2) is 4.79 Å². The first-order chi connectivity index (χ1) is 6.33. The highest BCUT2D eigenvalue weighted by atomic mass is 32.2. The third kappa shape index (κ3) is 4.15. The summed E-state index contributed by atoms with van der Waals surface area (Å²) in [6.07, 6.45) is 1.18. The Morgan fingerprint density at radius 3 is 3.23 bits per heavy atom. The van der Waals surface area contributed by atoms with E-state index in [1.807, 2.05) is 11.4 Å². The van der Waals surface area contributed by atoms with Gasteiger partial charge in [-0.15, -0.1) is 11.8 Å². The van der Waals surface area contributed by atoms with E-state index in [-0.39, 0.29) is 5.97 Å². The maximum absolute atomic E-state index is 10.6. The van der Waals surface area contributed by atoms with Crippen molar-refractivity contribution in [3.63, 3.8) is 0 Å². The van der Waals surface area contributed by atoms with Crippen LogP contribution in [0.1, 0.15) is 0 Å². The molecule has 0 aliphatic heterocycles. The van der Waals surface area contributed by atoms with Crippen LogP contribution in [-0.2, 0) is 9.53 Å². The van der Waals surface area contributed by atoms with Crippen LogP contribution in [0.2, 0.25) is 0 Å². The first-order valence-corrected chi connectivity index (χ1v) is 5.70. The molecule has 1 aromatic rings. The van der Waals surface area contributed by atoms with Crippen LogP contribution in [0.25, 0.3) is 0 Å². The van der Waals surface area contributed by atoms with Gasteiger partial charge in [0.25, 0.3) is 0 Å². The van der Waals surface area contributed by atoms with Crippen molar-refractivity contribution in [2.45, 2.75) is 4.90 Å². The number of thiophene rings is 1. The summed E-state index contributed by atoms with van der Waals surface area (Å²) in [7, 11) is 0. The minimum Gasteiger partial charge on any atom is -0.462 e. The fourth-order valence-electron chi connectivity index (χ4n) is 0.695. The Kier molecular flexibility index (Phi) is 4.64. The lowest BCUT2D eigenvalue weighted by Crippen LogP contribution is -2.03. The molecule has 0 unspecified atom stereocenters. The molecule has 1 heterocycles. The second-order valence-electron chi connectivity index (χ2n) is 2.18. The van der Waals surface area contributed by atoms with Crippen molar-refractivity contribution in [2.75, 3.05) is 12.4 Å². The molecule has 2 nitrogen and oxygen atoms in total. The fraction of sp³-hybridized carbons (Fsp3) is 0.222. The predicted molar refractivity (Wildman–Crippen MR) is 56.2 cm³/mol. The summed E-state index contributed by atoms with van der Waals surface area (Å²) >= 11 is 3.34. The van der Waals surface area contributed by atoms with E-state index in [4.69, 9.17) is 4.74 Å². The zero-order valence-electron chi connectivity index (χ0n) is 7.06. The number of carbonyl (C=O) groups is 1. The second kappa shape index (κ2) is 5.83. The third-order valence-corrected chi connectivity index (χ3v) is 3.05. The van der Waals surface area contributed by atoms with E-state index >= 15 is 0 Å². The maximum atomic E-state index is 10.6. The molecule has 0 aliphatic rings. The summed E-state index contributed by atoms with van der Waals surface area (Å²) in [5.41, 5.74) is 0. The van der Waals surface area contributed by atoms with Crippen molar-refractivity contribution < 1.29 is 9.53 Å². The Morgan fingerprint density at radius 2 is 2.62 bits per heavy atom. The Balaban J connectivity index is 2.08. The summed E-state index contributed by atoms with van der Waals surface area (Å²) in [5.74, 6) is 0.432. The molecule has 0 fully saturated rings. The highest BCUT2D eigenvalue weighted by Crippen LogP contribution is 2.20. The van der Waals surface area contributed by atoms with Gasteiger partial charge in [0.2, 0.25) is 0 Å². The van der Waals surface area contributed by atoms with Crippen LogP contribution in [0.4, 0.5) is 0 Å². The number of ether oxygens (including phenoxy) is 1. The Morgan fingerprint density at radius 1 is 1.77 bits per heavy atom. The molecule has 1 rings (SSSR count). The molecule has 70 valence electrons. The molecule has 0 spiro atoms. The normalized spacial score (nSPS) is 9.54. The molecule has 0 bridgehead atoms. The fourth-order valence-corrected chi connectivity index (χ4v) is 2.30. The van der Waals surface area contributed by atoms with Gasteiger partial charge in [-0.1, -0.05) is 6.58 Å². The number of hydrogen-bond donors (Lipinski definition) is 0. The third-order valence-electron chi connectivity index (χ3n) is 1.26. The molecule has 0 atom stereocenters. The summed E-state index contributed by atoms with van der Waals surface area (Å²) in [6.45, 7) is 3.75. The average Bonchev–Trinajstić information content (AvgIpc) is 2.64. The van der Waals surface area contributed by atoms with Crippen LogP contribution in [0, 0.1) is 0 Å². The van der Waals surface area contributed by atoms with Crippen LogP contribution in [0.3, 0.4) is 0 Å². The van der Waals surface area contributed by atoms with Crippen molar-refractivity contribution in [3.8, 4) is 0 Å². The van der Waals surface area contributed by atoms with E-state index < -0.39 is 0 Å². The van der Waals surface area contributed by atoms with E-state index in [0.29, 0.717) is 6.61 Å². The molecular formula is C9H10O2S2. The summed E-state index contributed by atoms with van der Waals surface area (Å²) in [4.78, 5) is 11.8. The Hall–Kier alpha value is -0.740. The van der Waals surface area contributed by atoms with Gasteiger partial charge in [-0.3, -0.25) is 0 Å². The van der Waals surface area contributed by atoms with Crippen LogP contribution >= 0.6 is 23.1 Å². The monoisotopic (exact) mass is 214 g/mol. The molecule has 0 aliphatic carbocycles. The molecule has 1 aromatic heterocycles. The smallest absolute Gasteiger partial charge is 0.330 e. The van der Waals surface area contributed by atoms with Gasteiger partial charge in [-0.2, -0.15) is 11.3 Å². The quantitative estimate of drug-likeness (QED) is 0.326. The van der Waals surface area contributed by atoms with Crippen molar-refractivity contribution in [2.24, 2.45) is 0 Å². The number of esters is 1. The molecular weight excluding hydrogens is 204 g/mol. The van der Waals surface area contributed by atoms with Gasteiger partial charge in [0.15, 0.2) is 0 Å². The lowest BCUT2D eigenvalue weighted by molar-refractivity contribution is -0.137. The molecule has 0 amide bonds. The minimum absolute atomic E-state index is 0.356. The molecule has 0 N–H and O–H groups in total. The summed E-state index contributed by atoms with van der Waals surface area (Å²) in [5, 5.41) is 4.10. The van der Waals surface area contributed by atoms with Crippen molar-refractivity contribution in [1.82, 2.24) is 0 Å². The lowest BCUT2D eigenvalue weighted by atomic mass is 10.6. The first kappa shape index (κ1) is 10.3. The van der Waals surface area contributed by atoms with Gasteiger partial charge in [-0.05, 0) is 11.4 Å². The van der Waals surface area contributed by atoms with E-state index in [0.717, 1.165) is 5.75 Å². The zero-order chi connectivity index (χ0) is 9.52. The standard InChI is InChI=1S/C9H10O2S2/c1-2-9(10)11-4-6-13-8-3-5-12-7-8/h2-3,5,7H,1,4,6H2. The van der Waals surface area contributed by atoms with E-state index in [9.17, 15) is 4.79 Å². The molecule has 0 radical (unpaired) electrons. The van der Waals surface area contributed by atoms with Gasteiger partial charge in [0.05, 0.1) is 0 Å². The SMILES string of the molecule is C=CC(=O)OCCSc1ccsc1. The largest absolute Gasteiger partial charge is 0.462 e. The first-order valence-electron chi connectivity index (χ1n) is 3.77. The Labute approximate surface area is 85.6 Å². The van der Waals surface area contributed by atoms with Crippen LogP contribution in [-0.4, -0.2) is 18.3 Å². The van der Waals surface area contributed by atoms with Crippen LogP contribution < -0.4 is 0 Å². The molecule has 0 saturated carbocycles. The summed E-state index contributed by atoms with van der Waals surface area (Å²) in [6, 6.07) is 2.05. The van der Waals surface area contributed by atoms with E-state index in [2.05, 4.69) is 12.0 Å². The van der Waals surface area contributed by atoms with Gasteiger partial charge in [0, 0.05) is 22.1 Å². The van der Waals surface area contributed by atoms with Crippen molar-refractivity contribution in [1.29, 1.82) is 0 Å². The zero-order valence-corrected chi connectivity index (χ0v) is 8.70. The highest BCUT2D eigenvalue weighted by molar-refractivity contribution is 7.99. The topological polar surface area (TPSA) is 26.3 Å². The second-order valence-corrected chi connectivity index (χ2v) is 4.13. The van der Waals surface area contributed by atoms with Gasteiger partial charge in [0.1, 0.15) is 6.61 Å². The molecule has 0 aromatic carbocycles.